The van der Waals surface area contributed by atoms with E-state index in [1.54, 1.807) is 0 Å². The standard InChI is InChI=1S/C13H15N5O3S/c1-8-17-9(6-22-8)5-14-11-10(18(19)20)12(16-7-15-11)21-13(2)3-4-13/h6-7H,3-5H2,1-2H3,(H,14,15,16). The molecule has 0 amide bonds. The van der Waals surface area contributed by atoms with Gasteiger partial charge >= 0.3 is 5.69 Å². The summed E-state index contributed by atoms with van der Waals surface area (Å²) in [7, 11) is 0. The average molecular weight is 321 g/mol. The predicted octanol–water partition coefficient (Wildman–Crippen LogP) is 2.69. The Labute approximate surface area is 130 Å². The van der Waals surface area contributed by atoms with E-state index in [9.17, 15) is 10.1 Å². The van der Waals surface area contributed by atoms with Gasteiger partial charge in [0.1, 0.15) is 11.9 Å². The van der Waals surface area contributed by atoms with Gasteiger partial charge in [0.25, 0.3) is 5.88 Å². The third-order valence-corrected chi connectivity index (χ3v) is 4.19. The van der Waals surface area contributed by atoms with Crippen LogP contribution >= 0.6 is 11.3 Å². The summed E-state index contributed by atoms with van der Waals surface area (Å²) in [6.07, 6.45) is 3.01. The first-order valence-corrected chi connectivity index (χ1v) is 7.68. The van der Waals surface area contributed by atoms with Crippen LogP contribution in [0, 0.1) is 17.0 Å². The van der Waals surface area contributed by atoms with Gasteiger partial charge in [0.2, 0.25) is 5.82 Å². The molecule has 0 aromatic carbocycles. The maximum absolute atomic E-state index is 11.4. The summed E-state index contributed by atoms with van der Waals surface area (Å²) in [5.74, 6) is 0.155. The molecule has 0 unspecified atom stereocenters. The molecule has 0 bridgehead atoms. The Hall–Kier alpha value is -2.29. The lowest BCUT2D eigenvalue weighted by molar-refractivity contribution is -0.385. The molecule has 1 aliphatic carbocycles. The number of ether oxygens (including phenoxy) is 1. The first kappa shape index (κ1) is 14.6. The van der Waals surface area contributed by atoms with Gasteiger partial charge < -0.3 is 10.1 Å². The van der Waals surface area contributed by atoms with Gasteiger partial charge in [0, 0.05) is 5.38 Å². The minimum absolute atomic E-state index is 0.0111. The summed E-state index contributed by atoms with van der Waals surface area (Å²) >= 11 is 1.53. The van der Waals surface area contributed by atoms with Crippen molar-refractivity contribution in [3.8, 4) is 5.88 Å². The van der Waals surface area contributed by atoms with Crippen molar-refractivity contribution < 1.29 is 9.66 Å². The summed E-state index contributed by atoms with van der Waals surface area (Å²) in [6.45, 7) is 4.17. The highest BCUT2D eigenvalue weighted by Gasteiger charge is 2.42. The van der Waals surface area contributed by atoms with Crippen LogP contribution in [-0.2, 0) is 6.54 Å². The second-order valence-electron chi connectivity index (χ2n) is 5.40. The number of hydrogen-bond donors (Lipinski definition) is 1. The van der Waals surface area contributed by atoms with Crippen LogP contribution in [0.1, 0.15) is 30.5 Å². The fourth-order valence-electron chi connectivity index (χ4n) is 1.91. The molecular formula is C13H15N5O3S. The highest BCUT2D eigenvalue weighted by molar-refractivity contribution is 7.09. The normalized spacial score (nSPS) is 15.4. The zero-order chi connectivity index (χ0) is 15.7. The number of aryl methyl sites for hydroxylation is 1. The molecule has 116 valence electrons. The van der Waals surface area contributed by atoms with Gasteiger partial charge in [0.05, 0.1) is 22.2 Å². The van der Waals surface area contributed by atoms with Crippen molar-refractivity contribution >= 4 is 22.8 Å². The van der Waals surface area contributed by atoms with Crippen molar-refractivity contribution in [1.82, 2.24) is 15.0 Å². The lowest BCUT2D eigenvalue weighted by Gasteiger charge is -2.13. The van der Waals surface area contributed by atoms with E-state index in [4.69, 9.17) is 4.74 Å². The molecular weight excluding hydrogens is 306 g/mol. The van der Waals surface area contributed by atoms with E-state index in [0.717, 1.165) is 23.5 Å². The van der Waals surface area contributed by atoms with Crippen LogP contribution < -0.4 is 10.1 Å². The topological polar surface area (TPSA) is 103 Å². The molecule has 8 nitrogen and oxygen atoms in total. The molecule has 1 fully saturated rings. The molecule has 3 rings (SSSR count). The van der Waals surface area contributed by atoms with Crippen LogP contribution in [0.5, 0.6) is 5.88 Å². The Morgan fingerprint density at radius 1 is 1.50 bits per heavy atom. The minimum Gasteiger partial charge on any atom is -0.466 e. The Morgan fingerprint density at radius 3 is 2.86 bits per heavy atom. The molecule has 2 aromatic rings. The Kier molecular flexibility index (Phi) is 3.65. The van der Waals surface area contributed by atoms with E-state index in [2.05, 4.69) is 20.3 Å². The number of anilines is 1. The summed E-state index contributed by atoms with van der Waals surface area (Å²) in [6, 6.07) is 0. The summed E-state index contributed by atoms with van der Waals surface area (Å²) < 4.78 is 5.66. The molecule has 2 aromatic heterocycles. The molecule has 1 saturated carbocycles. The number of aromatic nitrogens is 3. The van der Waals surface area contributed by atoms with Crippen molar-refractivity contribution in [2.75, 3.05) is 5.32 Å². The Morgan fingerprint density at radius 2 is 2.27 bits per heavy atom. The Bertz CT molecular complexity index is 713. The van der Waals surface area contributed by atoms with Crippen molar-refractivity contribution in [2.24, 2.45) is 0 Å². The van der Waals surface area contributed by atoms with Crippen molar-refractivity contribution in [3.05, 3.63) is 32.5 Å². The number of hydrogen-bond acceptors (Lipinski definition) is 8. The summed E-state index contributed by atoms with van der Waals surface area (Å²) in [5, 5.41) is 17.1. The SMILES string of the molecule is Cc1nc(CNc2ncnc(OC3(C)CC3)c2[N+](=O)[O-])cs1. The fourth-order valence-corrected chi connectivity index (χ4v) is 2.52. The second-order valence-corrected chi connectivity index (χ2v) is 6.46. The van der Waals surface area contributed by atoms with Crippen LogP contribution in [0.25, 0.3) is 0 Å². The van der Waals surface area contributed by atoms with Crippen molar-refractivity contribution in [3.63, 3.8) is 0 Å². The third kappa shape index (κ3) is 3.14. The number of nitro groups is 1. The summed E-state index contributed by atoms with van der Waals surface area (Å²) in [4.78, 5) is 23.0. The van der Waals surface area contributed by atoms with Gasteiger partial charge in [0.15, 0.2) is 0 Å². The van der Waals surface area contributed by atoms with Crippen LogP contribution in [-0.4, -0.2) is 25.5 Å². The highest BCUT2D eigenvalue weighted by Crippen LogP contribution is 2.42. The largest absolute Gasteiger partial charge is 0.466 e. The number of thiazole rings is 1. The molecule has 0 aliphatic heterocycles. The van der Waals surface area contributed by atoms with Crippen LogP contribution in [0.4, 0.5) is 11.5 Å². The molecule has 1 N–H and O–H groups in total. The molecule has 0 spiro atoms. The second kappa shape index (κ2) is 5.48. The van der Waals surface area contributed by atoms with E-state index in [-0.39, 0.29) is 23.0 Å². The number of nitrogens with zero attached hydrogens (tertiary/aromatic N) is 4. The molecule has 0 radical (unpaired) electrons. The van der Waals surface area contributed by atoms with Crippen LogP contribution in [0.3, 0.4) is 0 Å². The number of rotatable bonds is 6. The molecule has 0 atom stereocenters. The van der Waals surface area contributed by atoms with E-state index in [1.807, 2.05) is 19.2 Å². The monoisotopic (exact) mass is 321 g/mol. The van der Waals surface area contributed by atoms with Gasteiger partial charge in [-0.25, -0.2) is 9.97 Å². The zero-order valence-corrected chi connectivity index (χ0v) is 13.0. The van der Waals surface area contributed by atoms with Gasteiger partial charge in [-0.2, -0.15) is 4.98 Å². The minimum atomic E-state index is -0.518. The molecule has 9 heteroatoms. The van der Waals surface area contributed by atoms with Crippen LogP contribution in [0.15, 0.2) is 11.7 Å². The van der Waals surface area contributed by atoms with Gasteiger partial charge in [-0.3, -0.25) is 10.1 Å². The zero-order valence-electron chi connectivity index (χ0n) is 12.2. The maximum atomic E-state index is 11.4. The van der Waals surface area contributed by atoms with Crippen molar-refractivity contribution in [2.45, 2.75) is 38.8 Å². The van der Waals surface area contributed by atoms with E-state index >= 15 is 0 Å². The quantitative estimate of drug-likeness (QED) is 0.644. The smallest absolute Gasteiger partial charge is 0.372 e. The molecule has 0 saturated heterocycles. The van der Waals surface area contributed by atoms with E-state index in [0.29, 0.717) is 6.54 Å². The first-order chi connectivity index (χ1) is 10.5. The van der Waals surface area contributed by atoms with Crippen LogP contribution in [0.2, 0.25) is 0 Å². The Balaban J connectivity index is 1.83. The molecule has 2 heterocycles. The van der Waals surface area contributed by atoms with Crippen molar-refractivity contribution in [1.29, 1.82) is 0 Å². The average Bonchev–Trinajstić information content (AvgIpc) is 3.03. The number of nitrogens with one attached hydrogen (secondary N) is 1. The van der Waals surface area contributed by atoms with E-state index in [1.165, 1.54) is 17.7 Å². The van der Waals surface area contributed by atoms with Gasteiger partial charge in [-0.1, -0.05) is 0 Å². The fraction of sp³-hybridized carbons (Fsp3) is 0.462. The van der Waals surface area contributed by atoms with Gasteiger partial charge in [-0.15, -0.1) is 11.3 Å². The lowest BCUT2D eigenvalue weighted by Crippen LogP contribution is -2.15. The molecule has 1 aliphatic rings. The summed E-state index contributed by atoms with van der Waals surface area (Å²) in [5.41, 5.74) is 0.234. The highest BCUT2D eigenvalue weighted by atomic mass is 32.1. The predicted molar refractivity (Wildman–Crippen MR) is 81.1 cm³/mol. The maximum Gasteiger partial charge on any atom is 0.372 e. The third-order valence-electron chi connectivity index (χ3n) is 3.37. The van der Waals surface area contributed by atoms with E-state index < -0.39 is 4.92 Å². The first-order valence-electron chi connectivity index (χ1n) is 6.80. The lowest BCUT2D eigenvalue weighted by atomic mass is 10.4. The molecule has 22 heavy (non-hydrogen) atoms. The van der Waals surface area contributed by atoms with Gasteiger partial charge in [-0.05, 0) is 26.7 Å².